The van der Waals surface area contributed by atoms with Crippen LogP contribution in [-0.4, -0.2) is 22.4 Å². The zero-order chi connectivity index (χ0) is 24.4. The molecule has 2 aromatic carbocycles. The molecule has 2 aliphatic rings. The van der Waals surface area contributed by atoms with Crippen molar-refractivity contribution < 1.29 is 14.3 Å². The van der Waals surface area contributed by atoms with Gasteiger partial charge in [0.2, 0.25) is 0 Å². The average molecular weight is 485 g/mol. The van der Waals surface area contributed by atoms with E-state index in [4.69, 9.17) is 21.3 Å². The fourth-order valence-electron chi connectivity index (χ4n) is 5.03. The van der Waals surface area contributed by atoms with E-state index >= 15 is 0 Å². The number of ketones is 1. The second-order valence-corrected chi connectivity index (χ2v) is 9.43. The molecular formula is C29H25ClN2O3. The number of carbonyl (C=O) groups excluding carboxylic acids is 2. The Morgan fingerprint density at radius 1 is 1.00 bits per heavy atom. The lowest BCUT2D eigenvalue weighted by Gasteiger charge is -2.36. The molecule has 0 N–H and O–H groups in total. The van der Waals surface area contributed by atoms with E-state index in [0.717, 1.165) is 16.8 Å². The van der Waals surface area contributed by atoms with E-state index < -0.39 is 17.8 Å². The first-order valence-electron chi connectivity index (χ1n) is 11.7. The Kier molecular flexibility index (Phi) is 6.60. The molecule has 0 saturated heterocycles. The van der Waals surface area contributed by atoms with Gasteiger partial charge >= 0.3 is 5.97 Å². The van der Waals surface area contributed by atoms with E-state index in [1.807, 2.05) is 79.7 Å². The van der Waals surface area contributed by atoms with Gasteiger partial charge in [-0.15, -0.1) is 0 Å². The van der Waals surface area contributed by atoms with Crippen molar-refractivity contribution >= 4 is 29.1 Å². The zero-order valence-corrected chi connectivity index (χ0v) is 20.1. The maximum Gasteiger partial charge on any atom is 0.316 e. The molecule has 0 spiro atoms. The molecule has 3 aromatic rings. The number of benzene rings is 2. The van der Waals surface area contributed by atoms with E-state index in [1.165, 1.54) is 0 Å². The SMILES string of the molecule is CC1=NC2=C(C(=O)CC(c3ccc(Cl)cc3)C2)C(c2ccccn2)C1C(=O)OCc1ccccc1. The van der Waals surface area contributed by atoms with Gasteiger partial charge in [-0.3, -0.25) is 19.6 Å². The summed E-state index contributed by atoms with van der Waals surface area (Å²) in [5, 5.41) is 0.661. The minimum Gasteiger partial charge on any atom is -0.460 e. The van der Waals surface area contributed by atoms with Crippen molar-refractivity contribution in [3.8, 4) is 0 Å². The van der Waals surface area contributed by atoms with Crippen LogP contribution in [0.25, 0.3) is 0 Å². The van der Waals surface area contributed by atoms with Gasteiger partial charge in [0, 0.05) is 40.3 Å². The highest BCUT2D eigenvalue weighted by Crippen LogP contribution is 2.46. The third-order valence-corrected chi connectivity index (χ3v) is 6.97. The molecule has 1 aliphatic carbocycles. The molecule has 0 amide bonds. The van der Waals surface area contributed by atoms with Gasteiger partial charge in [0.05, 0.1) is 5.92 Å². The van der Waals surface area contributed by atoms with E-state index in [-0.39, 0.29) is 18.3 Å². The number of rotatable bonds is 5. The first-order chi connectivity index (χ1) is 17.0. The van der Waals surface area contributed by atoms with E-state index in [9.17, 15) is 9.59 Å². The fourth-order valence-corrected chi connectivity index (χ4v) is 5.16. The highest BCUT2D eigenvalue weighted by molar-refractivity contribution is 6.30. The third kappa shape index (κ3) is 4.82. The molecule has 35 heavy (non-hydrogen) atoms. The maximum atomic E-state index is 13.6. The summed E-state index contributed by atoms with van der Waals surface area (Å²) in [7, 11) is 0. The highest BCUT2D eigenvalue weighted by atomic mass is 35.5. The number of pyridine rings is 1. The second kappa shape index (κ2) is 9.96. The number of halogens is 1. The predicted molar refractivity (Wildman–Crippen MR) is 135 cm³/mol. The van der Waals surface area contributed by atoms with Gasteiger partial charge in [0.25, 0.3) is 0 Å². The largest absolute Gasteiger partial charge is 0.460 e. The van der Waals surface area contributed by atoms with Crippen molar-refractivity contribution in [2.24, 2.45) is 10.9 Å². The molecule has 0 saturated carbocycles. The van der Waals surface area contributed by atoms with Crippen LogP contribution in [0.1, 0.15) is 48.4 Å². The quantitative estimate of drug-likeness (QED) is 0.413. The van der Waals surface area contributed by atoms with E-state index in [1.54, 1.807) is 6.20 Å². The van der Waals surface area contributed by atoms with Crippen LogP contribution in [0.2, 0.25) is 5.02 Å². The number of carbonyl (C=O) groups is 2. The predicted octanol–water partition coefficient (Wildman–Crippen LogP) is 6.05. The maximum absolute atomic E-state index is 13.6. The second-order valence-electron chi connectivity index (χ2n) is 9.00. The molecule has 5 rings (SSSR count). The Morgan fingerprint density at radius 2 is 1.74 bits per heavy atom. The number of ether oxygens (including phenoxy) is 1. The summed E-state index contributed by atoms with van der Waals surface area (Å²) in [6.45, 7) is 2.00. The molecule has 176 valence electrons. The Balaban J connectivity index is 1.49. The van der Waals surface area contributed by atoms with Crippen molar-refractivity contribution in [3.05, 3.63) is 112 Å². The number of hydrogen-bond acceptors (Lipinski definition) is 5. The molecule has 1 aromatic heterocycles. The molecule has 2 heterocycles. The standard InChI is InChI=1S/C29H25ClN2O3/c1-18-26(29(34)35-17-19-7-3-2-4-8-19)28(23-9-5-6-14-31-23)27-24(32-18)15-21(16-25(27)33)20-10-12-22(30)13-11-20/h2-14,21,26,28H,15-17H2,1H3. The summed E-state index contributed by atoms with van der Waals surface area (Å²) < 4.78 is 5.71. The van der Waals surface area contributed by atoms with Crippen molar-refractivity contribution in [1.29, 1.82) is 0 Å². The monoisotopic (exact) mass is 484 g/mol. The average Bonchev–Trinajstić information content (AvgIpc) is 2.88. The normalized spacial score (nSPS) is 21.8. The minimum atomic E-state index is -0.705. The lowest BCUT2D eigenvalue weighted by molar-refractivity contribution is -0.148. The van der Waals surface area contributed by atoms with Crippen LogP contribution in [0, 0.1) is 5.92 Å². The van der Waals surface area contributed by atoms with E-state index in [0.29, 0.717) is 34.8 Å². The lowest BCUT2D eigenvalue weighted by Crippen LogP contribution is -2.38. The number of allylic oxidation sites excluding steroid dienone is 2. The van der Waals surface area contributed by atoms with Crippen molar-refractivity contribution in [1.82, 2.24) is 4.98 Å². The number of aromatic nitrogens is 1. The fraction of sp³-hybridized carbons (Fsp3) is 0.241. The number of Topliss-reactive ketones (excluding diaryl/α,β-unsaturated/α-hetero) is 1. The van der Waals surface area contributed by atoms with Gasteiger partial charge in [-0.25, -0.2) is 0 Å². The van der Waals surface area contributed by atoms with Gasteiger partial charge in [0.1, 0.15) is 12.5 Å². The Labute approximate surface area is 209 Å². The van der Waals surface area contributed by atoms with Gasteiger partial charge < -0.3 is 4.74 Å². The molecular weight excluding hydrogens is 460 g/mol. The zero-order valence-electron chi connectivity index (χ0n) is 19.4. The van der Waals surface area contributed by atoms with Crippen LogP contribution in [0.5, 0.6) is 0 Å². The van der Waals surface area contributed by atoms with Crippen LogP contribution in [0.15, 0.2) is 95.3 Å². The number of aliphatic imine (C=N–C) groups is 1. The topological polar surface area (TPSA) is 68.6 Å². The highest BCUT2D eigenvalue weighted by Gasteiger charge is 2.45. The minimum absolute atomic E-state index is 0.000961. The summed E-state index contributed by atoms with van der Waals surface area (Å²) in [5.41, 5.74) is 4.60. The van der Waals surface area contributed by atoms with Crippen molar-refractivity contribution in [2.75, 3.05) is 0 Å². The van der Waals surface area contributed by atoms with Gasteiger partial charge in [0.15, 0.2) is 5.78 Å². The molecule has 6 heteroatoms. The van der Waals surface area contributed by atoms with E-state index in [2.05, 4.69) is 4.98 Å². The van der Waals surface area contributed by atoms with Gasteiger partial charge in [-0.1, -0.05) is 60.1 Å². The van der Waals surface area contributed by atoms with Gasteiger partial charge in [-0.2, -0.15) is 0 Å². The smallest absolute Gasteiger partial charge is 0.316 e. The van der Waals surface area contributed by atoms with Crippen LogP contribution in [0.3, 0.4) is 0 Å². The molecule has 0 bridgehead atoms. The Bertz CT molecular complexity index is 1300. The first-order valence-corrected chi connectivity index (χ1v) is 12.1. The van der Waals surface area contributed by atoms with Crippen LogP contribution >= 0.6 is 11.6 Å². The van der Waals surface area contributed by atoms with Crippen LogP contribution in [0.4, 0.5) is 0 Å². The summed E-state index contributed by atoms with van der Waals surface area (Å²) in [4.78, 5) is 36.3. The summed E-state index contributed by atoms with van der Waals surface area (Å²) in [6, 6.07) is 22.7. The summed E-state index contributed by atoms with van der Waals surface area (Å²) in [5.74, 6) is -1.61. The lowest BCUT2D eigenvalue weighted by atomic mass is 9.70. The molecule has 3 atom stereocenters. The number of nitrogens with zero attached hydrogens (tertiary/aromatic N) is 2. The number of hydrogen-bond donors (Lipinski definition) is 0. The summed E-state index contributed by atoms with van der Waals surface area (Å²) >= 11 is 6.06. The molecule has 5 nitrogen and oxygen atoms in total. The van der Waals surface area contributed by atoms with Crippen molar-refractivity contribution in [2.45, 2.75) is 38.2 Å². The Morgan fingerprint density at radius 3 is 2.46 bits per heavy atom. The molecule has 0 radical (unpaired) electrons. The van der Waals surface area contributed by atoms with Crippen LogP contribution < -0.4 is 0 Å². The third-order valence-electron chi connectivity index (χ3n) is 6.71. The molecule has 0 fully saturated rings. The van der Waals surface area contributed by atoms with Crippen molar-refractivity contribution in [3.63, 3.8) is 0 Å². The van der Waals surface area contributed by atoms with Crippen LogP contribution in [-0.2, 0) is 20.9 Å². The first kappa shape index (κ1) is 23.2. The molecule has 3 unspecified atom stereocenters. The molecule has 1 aliphatic heterocycles. The number of esters is 1. The summed E-state index contributed by atoms with van der Waals surface area (Å²) in [6.07, 6.45) is 2.66. The Hall–Kier alpha value is -3.57. The van der Waals surface area contributed by atoms with Gasteiger partial charge in [-0.05, 0) is 54.7 Å².